The average molecular weight is 253 g/mol. The Morgan fingerprint density at radius 2 is 2.16 bits per heavy atom. The number of hydrogen-bond donors (Lipinski definition) is 1. The Balaban J connectivity index is 1.89. The van der Waals surface area contributed by atoms with Crippen molar-refractivity contribution < 1.29 is 9.52 Å². The highest BCUT2D eigenvalue weighted by molar-refractivity contribution is 5.80. The van der Waals surface area contributed by atoms with Crippen molar-refractivity contribution in [3.8, 4) is 0 Å². The number of aromatic nitrogens is 1. The molecule has 0 aliphatic heterocycles. The van der Waals surface area contributed by atoms with E-state index in [0.29, 0.717) is 12.2 Å². The maximum absolute atomic E-state index is 10.2. The molecule has 0 saturated carbocycles. The summed E-state index contributed by atoms with van der Waals surface area (Å²) in [5, 5.41) is 11.3. The van der Waals surface area contributed by atoms with Crippen LogP contribution in [0.4, 0.5) is 0 Å². The fraction of sp³-hybridized carbons (Fsp3) is 0.188. The van der Waals surface area contributed by atoms with Crippen LogP contribution < -0.4 is 0 Å². The van der Waals surface area contributed by atoms with Crippen molar-refractivity contribution in [3.63, 3.8) is 0 Å². The molecule has 0 spiro atoms. The molecule has 96 valence electrons. The molecule has 0 saturated heterocycles. The van der Waals surface area contributed by atoms with Crippen LogP contribution >= 0.6 is 0 Å². The van der Waals surface area contributed by atoms with Crippen LogP contribution in [-0.2, 0) is 6.42 Å². The van der Waals surface area contributed by atoms with Gasteiger partial charge in [0, 0.05) is 24.2 Å². The van der Waals surface area contributed by atoms with Crippen LogP contribution in [0.2, 0.25) is 0 Å². The molecule has 3 aromatic rings. The fourth-order valence-electron chi connectivity index (χ4n) is 2.24. The van der Waals surface area contributed by atoms with E-state index in [2.05, 4.69) is 4.98 Å². The zero-order valence-electron chi connectivity index (χ0n) is 10.7. The molecule has 1 unspecified atom stereocenters. The topological polar surface area (TPSA) is 46.3 Å². The largest absolute Gasteiger partial charge is 0.458 e. The summed E-state index contributed by atoms with van der Waals surface area (Å²) in [6, 6.07) is 11.7. The number of aliphatic hydroxyl groups excluding tert-OH is 1. The van der Waals surface area contributed by atoms with Crippen molar-refractivity contribution in [2.24, 2.45) is 0 Å². The Hall–Kier alpha value is -2.13. The minimum absolute atomic E-state index is 0.507. The number of benzene rings is 1. The summed E-state index contributed by atoms with van der Waals surface area (Å²) >= 11 is 0. The van der Waals surface area contributed by atoms with Gasteiger partial charge in [-0.15, -0.1) is 0 Å². The Morgan fingerprint density at radius 1 is 1.26 bits per heavy atom. The molecule has 3 nitrogen and oxygen atoms in total. The number of pyridine rings is 1. The first-order valence-corrected chi connectivity index (χ1v) is 6.30. The summed E-state index contributed by atoms with van der Waals surface area (Å²) in [6.45, 7) is 2.00. The highest BCUT2D eigenvalue weighted by Gasteiger charge is 2.14. The van der Waals surface area contributed by atoms with Crippen LogP contribution in [0.3, 0.4) is 0 Å². The summed E-state index contributed by atoms with van der Waals surface area (Å²) < 4.78 is 5.76. The molecule has 0 aliphatic rings. The lowest BCUT2D eigenvalue weighted by Gasteiger charge is -2.06. The van der Waals surface area contributed by atoms with E-state index < -0.39 is 6.10 Å². The molecule has 3 heteroatoms. The first-order chi connectivity index (χ1) is 9.24. The molecule has 3 rings (SSSR count). The number of aliphatic hydroxyl groups is 1. The van der Waals surface area contributed by atoms with Crippen molar-refractivity contribution in [1.29, 1.82) is 0 Å². The predicted octanol–water partition coefficient (Wildman–Crippen LogP) is 3.41. The lowest BCUT2D eigenvalue weighted by Crippen LogP contribution is -2.00. The maximum atomic E-state index is 10.2. The number of hydrogen-bond acceptors (Lipinski definition) is 3. The quantitative estimate of drug-likeness (QED) is 0.778. The van der Waals surface area contributed by atoms with E-state index >= 15 is 0 Å². The third kappa shape index (κ3) is 2.37. The molecule has 0 aliphatic carbocycles. The average Bonchev–Trinajstić information content (AvgIpc) is 2.85. The molecule has 19 heavy (non-hydrogen) atoms. The van der Waals surface area contributed by atoms with Crippen LogP contribution in [0.25, 0.3) is 11.0 Å². The molecule has 1 aromatic carbocycles. The van der Waals surface area contributed by atoms with Crippen molar-refractivity contribution >= 4 is 11.0 Å². The Kier molecular flexibility index (Phi) is 3.05. The Labute approximate surface area is 111 Å². The summed E-state index contributed by atoms with van der Waals surface area (Å²) in [4.78, 5) is 4.05. The lowest BCUT2D eigenvalue weighted by molar-refractivity contribution is 0.152. The van der Waals surface area contributed by atoms with E-state index in [9.17, 15) is 5.11 Å². The molecule has 0 amide bonds. The second kappa shape index (κ2) is 4.86. The summed E-state index contributed by atoms with van der Waals surface area (Å²) in [5.74, 6) is 0.605. The number of nitrogens with zero attached hydrogens (tertiary/aromatic N) is 1. The zero-order valence-corrected chi connectivity index (χ0v) is 10.7. The molecule has 2 aromatic heterocycles. The van der Waals surface area contributed by atoms with Gasteiger partial charge in [0.1, 0.15) is 17.4 Å². The number of fused-ring (bicyclic) bond motifs is 1. The highest BCUT2D eigenvalue weighted by atomic mass is 16.4. The van der Waals surface area contributed by atoms with Gasteiger partial charge in [-0.1, -0.05) is 24.3 Å². The van der Waals surface area contributed by atoms with E-state index in [1.54, 1.807) is 12.4 Å². The molecule has 1 N–H and O–H groups in total. The van der Waals surface area contributed by atoms with Gasteiger partial charge < -0.3 is 9.52 Å². The van der Waals surface area contributed by atoms with Gasteiger partial charge in [0.15, 0.2) is 0 Å². The van der Waals surface area contributed by atoms with Gasteiger partial charge in [-0.05, 0) is 30.2 Å². The second-order valence-electron chi connectivity index (χ2n) is 4.72. The highest BCUT2D eigenvalue weighted by Crippen LogP contribution is 2.27. The van der Waals surface area contributed by atoms with E-state index in [-0.39, 0.29) is 0 Å². The first kappa shape index (κ1) is 11.9. The van der Waals surface area contributed by atoms with Crippen molar-refractivity contribution in [1.82, 2.24) is 4.98 Å². The summed E-state index contributed by atoms with van der Waals surface area (Å²) in [6.07, 6.45) is 3.35. The van der Waals surface area contributed by atoms with Gasteiger partial charge in [0.25, 0.3) is 0 Å². The van der Waals surface area contributed by atoms with Crippen molar-refractivity contribution in [3.05, 3.63) is 65.7 Å². The SMILES string of the molecule is Cc1cccc2cc(C(O)Cc3cccnc3)oc12. The zero-order chi connectivity index (χ0) is 13.2. The van der Waals surface area contributed by atoms with Crippen LogP contribution in [0, 0.1) is 6.92 Å². The van der Waals surface area contributed by atoms with Crippen LogP contribution in [0.15, 0.2) is 53.2 Å². The van der Waals surface area contributed by atoms with Gasteiger partial charge in [-0.2, -0.15) is 0 Å². The van der Waals surface area contributed by atoms with E-state index in [0.717, 1.165) is 22.1 Å². The van der Waals surface area contributed by atoms with Crippen molar-refractivity contribution in [2.75, 3.05) is 0 Å². The molecule has 1 atom stereocenters. The molecular formula is C16H15NO2. The standard InChI is InChI=1S/C16H15NO2/c1-11-4-2-6-13-9-15(19-16(11)13)14(18)8-12-5-3-7-17-10-12/h2-7,9-10,14,18H,8H2,1H3. The van der Waals surface area contributed by atoms with E-state index in [1.807, 2.05) is 43.3 Å². The van der Waals surface area contributed by atoms with E-state index in [4.69, 9.17) is 4.42 Å². The van der Waals surface area contributed by atoms with Gasteiger partial charge in [0.2, 0.25) is 0 Å². The number of aryl methyl sites for hydroxylation is 1. The van der Waals surface area contributed by atoms with Crippen LogP contribution in [-0.4, -0.2) is 10.1 Å². The predicted molar refractivity (Wildman–Crippen MR) is 73.9 cm³/mol. The van der Waals surface area contributed by atoms with Crippen LogP contribution in [0.1, 0.15) is 23.0 Å². The summed E-state index contributed by atoms with van der Waals surface area (Å²) in [5.41, 5.74) is 2.92. The monoisotopic (exact) mass is 253 g/mol. The third-order valence-corrected chi connectivity index (χ3v) is 3.24. The second-order valence-corrected chi connectivity index (χ2v) is 4.72. The molecule has 0 fully saturated rings. The van der Waals surface area contributed by atoms with E-state index in [1.165, 1.54) is 0 Å². The molecule has 0 radical (unpaired) electrons. The molecule has 0 bridgehead atoms. The minimum atomic E-state index is -0.643. The Bertz CT molecular complexity index is 688. The molecule has 2 heterocycles. The van der Waals surface area contributed by atoms with Gasteiger partial charge >= 0.3 is 0 Å². The van der Waals surface area contributed by atoms with Gasteiger partial charge in [-0.25, -0.2) is 0 Å². The normalized spacial score (nSPS) is 12.7. The summed E-state index contributed by atoms with van der Waals surface area (Å²) in [7, 11) is 0. The van der Waals surface area contributed by atoms with Crippen molar-refractivity contribution in [2.45, 2.75) is 19.4 Å². The number of furan rings is 1. The van der Waals surface area contributed by atoms with Gasteiger partial charge in [0.05, 0.1) is 0 Å². The third-order valence-electron chi connectivity index (χ3n) is 3.24. The number of rotatable bonds is 3. The van der Waals surface area contributed by atoms with Crippen LogP contribution in [0.5, 0.6) is 0 Å². The smallest absolute Gasteiger partial charge is 0.137 e. The molecular weight excluding hydrogens is 238 g/mol. The minimum Gasteiger partial charge on any atom is -0.458 e. The van der Waals surface area contributed by atoms with Gasteiger partial charge in [-0.3, -0.25) is 4.98 Å². The Morgan fingerprint density at radius 3 is 2.89 bits per heavy atom. The fourth-order valence-corrected chi connectivity index (χ4v) is 2.24. The first-order valence-electron chi connectivity index (χ1n) is 6.30. The number of para-hydroxylation sites is 1. The lowest BCUT2D eigenvalue weighted by atomic mass is 10.1. The maximum Gasteiger partial charge on any atom is 0.137 e.